The highest BCUT2D eigenvalue weighted by Crippen LogP contribution is 2.18. The Kier molecular flexibility index (Phi) is 3.92. The van der Waals surface area contributed by atoms with E-state index in [0.29, 0.717) is 0 Å². The normalized spacial score (nSPS) is 17.2. The van der Waals surface area contributed by atoms with Gasteiger partial charge in [-0.1, -0.05) is 12.1 Å². The molecule has 1 aliphatic heterocycles. The summed E-state index contributed by atoms with van der Waals surface area (Å²) in [5.74, 6) is 0.272. The standard InChI is InChI=1S/C16H19N3O/c20-13-15-6-10-18(11-7-15)12-14-2-4-16(5-3-14)19-9-1-8-17-19/h1-5,8-9,13,15H,6-7,10-12H2. The molecule has 0 N–H and O–H groups in total. The number of benzene rings is 1. The lowest BCUT2D eigenvalue weighted by molar-refractivity contribution is -0.112. The number of piperidine rings is 1. The molecule has 0 radical (unpaired) electrons. The van der Waals surface area contributed by atoms with Crippen LogP contribution in [0, 0.1) is 5.92 Å². The molecule has 3 rings (SSSR count). The van der Waals surface area contributed by atoms with Crippen molar-refractivity contribution in [1.82, 2.24) is 14.7 Å². The average molecular weight is 269 g/mol. The second-order valence-corrected chi connectivity index (χ2v) is 5.37. The first-order valence-electron chi connectivity index (χ1n) is 7.12. The monoisotopic (exact) mass is 269 g/mol. The van der Waals surface area contributed by atoms with Gasteiger partial charge in [-0.2, -0.15) is 5.10 Å². The molecule has 1 fully saturated rings. The molecule has 20 heavy (non-hydrogen) atoms. The first-order valence-corrected chi connectivity index (χ1v) is 7.12. The topological polar surface area (TPSA) is 38.1 Å². The number of nitrogens with zero attached hydrogens (tertiary/aromatic N) is 3. The Hall–Kier alpha value is -1.94. The summed E-state index contributed by atoms with van der Waals surface area (Å²) in [7, 11) is 0. The van der Waals surface area contributed by atoms with Crippen molar-refractivity contribution in [2.45, 2.75) is 19.4 Å². The highest BCUT2D eigenvalue weighted by Gasteiger charge is 2.18. The first-order chi connectivity index (χ1) is 9.85. The summed E-state index contributed by atoms with van der Waals surface area (Å²) in [4.78, 5) is 13.2. The molecule has 0 amide bonds. The molecule has 0 atom stereocenters. The number of aromatic nitrogens is 2. The number of carbonyl (C=O) groups excluding carboxylic acids is 1. The molecule has 0 aliphatic carbocycles. The highest BCUT2D eigenvalue weighted by atomic mass is 16.1. The molecule has 0 bridgehead atoms. The van der Waals surface area contributed by atoms with Crippen LogP contribution < -0.4 is 0 Å². The Morgan fingerprint density at radius 1 is 1.20 bits per heavy atom. The van der Waals surface area contributed by atoms with Crippen LogP contribution >= 0.6 is 0 Å². The van der Waals surface area contributed by atoms with Gasteiger partial charge in [0.15, 0.2) is 0 Å². The maximum atomic E-state index is 10.7. The SMILES string of the molecule is O=CC1CCN(Cc2ccc(-n3cccn3)cc2)CC1. The van der Waals surface area contributed by atoms with Crippen LogP contribution in [0.3, 0.4) is 0 Å². The molecule has 4 heteroatoms. The van der Waals surface area contributed by atoms with Crippen molar-refractivity contribution in [3.05, 3.63) is 48.3 Å². The summed E-state index contributed by atoms with van der Waals surface area (Å²) in [6.07, 6.45) is 6.82. The minimum atomic E-state index is 0.272. The van der Waals surface area contributed by atoms with Crippen LogP contribution in [0.25, 0.3) is 5.69 Å². The molecular formula is C16H19N3O. The van der Waals surface area contributed by atoms with Crippen molar-refractivity contribution >= 4 is 6.29 Å². The van der Waals surface area contributed by atoms with Gasteiger partial charge in [-0.15, -0.1) is 0 Å². The van der Waals surface area contributed by atoms with Gasteiger partial charge < -0.3 is 4.79 Å². The summed E-state index contributed by atoms with van der Waals surface area (Å²) in [6.45, 7) is 3.00. The van der Waals surface area contributed by atoms with E-state index in [9.17, 15) is 4.79 Å². The predicted octanol–water partition coefficient (Wildman–Crippen LogP) is 2.28. The third-order valence-electron chi connectivity index (χ3n) is 3.94. The smallest absolute Gasteiger partial charge is 0.123 e. The van der Waals surface area contributed by atoms with Crippen molar-refractivity contribution in [2.24, 2.45) is 5.92 Å². The van der Waals surface area contributed by atoms with Gasteiger partial charge in [0.1, 0.15) is 6.29 Å². The number of carbonyl (C=O) groups is 1. The highest BCUT2D eigenvalue weighted by molar-refractivity contribution is 5.53. The van der Waals surface area contributed by atoms with Gasteiger partial charge in [0, 0.05) is 24.9 Å². The van der Waals surface area contributed by atoms with Crippen LogP contribution in [0.5, 0.6) is 0 Å². The largest absolute Gasteiger partial charge is 0.303 e. The summed E-state index contributed by atoms with van der Waals surface area (Å²) < 4.78 is 1.86. The van der Waals surface area contributed by atoms with Gasteiger partial charge in [-0.3, -0.25) is 4.90 Å². The molecule has 0 saturated carbocycles. The number of hydrogen-bond donors (Lipinski definition) is 0. The zero-order valence-electron chi connectivity index (χ0n) is 11.5. The second-order valence-electron chi connectivity index (χ2n) is 5.37. The maximum absolute atomic E-state index is 10.7. The summed E-state index contributed by atoms with van der Waals surface area (Å²) in [5.41, 5.74) is 2.39. The quantitative estimate of drug-likeness (QED) is 0.799. The van der Waals surface area contributed by atoms with Crippen LogP contribution in [0.1, 0.15) is 18.4 Å². The molecule has 104 valence electrons. The Balaban J connectivity index is 1.60. The fraction of sp³-hybridized carbons (Fsp3) is 0.375. The van der Waals surface area contributed by atoms with Gasteiger partial charge in [-0.05, 0) is 49.7 Å². The molecule has 1 aromatic carbocycles. The number of hydrogen-bond acceptors (Lipinski definition) is 3. The van der Waals surface area contributed by atoms with E-state index in [0.717, 1.165) is 44.4 Å². The van der Waals surface area contributed by atoms with Crippen molar-refractivity contribution in [2.75, 3.05) is 13.1 Å². The third kappa shape index (κ3) is 2.96. The fourth-order valence-corrected chi connectivity index (χ4v) is 2.68. The number of aldehydes is 1. The summed E-state index contributed by atoms with van der Waals surface area (Å²) in [6, 6.07) is 10.4. The summed E-state index contributed by atoms with van der Waals surface area (Å²) in [5, 5.41) is 4.22. The van der Waals surface area contributed by atoms with Gasteiger partial charge >= 0.3 is 0 Å². The number of likely N-dealkylation sites (tertiary alicyclic amines) is 1. The molecule has 1 aliphatic rings. The summed E-state index contributed by atoms with van der Waals surface area (Å²) >= 11 is 0. The van der Waals surface area contributed by atoms with E-state index in [-0.39, 0.29) is 5.92 Å². The van der Waals surface area contributed by atoms with E-state index in [1.807, 2.05) is 16.9 Å². The second kappa shape index (κ2) is 6.01. The van der Waals surface area contributed by atoms with Gasteiger partial charge in [0.2, 0.25) is 0 Å². The van der Waals surface area contributed by atoms with E-state index < -0.39 is 0 Å². The lowest BCUT2D eigenvalue weighted by Gasteiger charge is -2.29. The molecule has 2 aromatic rings. The van der Waals surface area contributed by atoms with Crippen LogP contribution in [0.4, 0.5) is 0 Å². The third-order valence-corrected chi connectivity index (χ3v) is 3.94. The van der Waals surface area contributed by atoms with Crippen molar-refractivity contribution < 1.29 is 4.79 Å². The van der Waals surface area contributed by atoms with Crippen LogP contribution in [0.2, 0.25) is 0 Å². The fourth-order valence-electron chi connectivity index (χ4n) is 2.68. The van der Waals surface area contributed by atoms with E-state index in [4.69, 9.17) is 0 Å². The zero-order valence-corrected chi connectivity index (χ0v) is 11.5. The van der Waals surface area contributed by atoms with Crippen molar-refractivity contribution in [3.8, 4) is 5.69 Å². The lowest BCUT2D eigenvalue weighted by atomic mass is 9.98. The molecular weight excluding hydrogens is 250 g/mol. The van der Waals surface area contributed by atoms with Gasteiger partial charge in [-0.25, -0.2) is 4.68 Å². The maximum Gasteiger partial charge on any atom is 0.123 e. The van der Waals surface area contributed by atoms with E-state index in [1.54, 1.807) is 6.20 Å². The minimum absolute atomic E-state index is 0.272. The van der Waals surface area contributed by atoms with E-state index in [1.165, 1.54) is 5.56 Å². The molecule has 0 spiro atoms. The Morgan fingerprint density at radius 2 is 1.95 bits per heavy atom. The minimum Gasteiger partial charge on any atom is -0.303 e. The van der Waals surface area contributed by atoms with Crippen molar-refractivity contribution in [3.63, 3.8) is 0 Å². The molecule has 2 heterocycles. The zero-order chi connectivity index (χ0) is 13.8. The predicted molar refractivity (Wildman–Crippen MR) is 77.6 cm³/mol. The number of rotatable bonds is 4. The molecule has 0 unspecified atom stereocenters. The first kappa shape index (κ1) is 13.1. The molecule has 1 saturated heterocycles. The van der Waals surface area contributed by atoms with Crippen LogP contribution in [0.15, 0.2) is 42.7 Å². The van der Waals surface area contributed by atoms with Crippen LogP contribution in [-0.2, 0) is 11.3 Å². The van der Waals surface area contributed by atoms with Crippen molar-refractivity contribution in [1.29, 1.82) is 0 Å². The Bertz CT molecular complexity index is 540. The van der Waals surface area contributed by atoms with Gasteiger partial charge in [0.05, 0.1) is 5.69 Å². The average Bonchev–Trinajstić information content (AvgIpc) is 3.03. The van der Waals surface area contributed by atoms with Gasteiger partial charge in [0.25, 0.3) is 0 Å². The Morgan fingerprint density at radius 3 is 2.55 bits per heavy atom. The lowest BCUT2D eigenvalue weighted by Crippen LogP contribution is -2.33. The van der Waals surface area contributed by atoms with E-state index >= 15 is 0 Å². The van der Waals surface area contributed by atoms with E-state index in [2.05, 4.69) is 34.3 Å². The molecule has 1 aromatic heterocycles. The van der Waals surface area contributed by atoms with Crippen LogP contribution in [-0.4, -0.2) is 34.1 Å². The molecule has 4 nitrogen and oxygen atoms in total. The Labute approximate surface area is 119 Å².